The standard InChI is InChI=1S/C20H25N2O2/c1-4-20-21(3)18-7-5-6-8-19(18)22(20)13-16(23)14-24-17-11-9-15(2)10-12-17/h5-12,16,23H,4,13-14H2,1-3H3/q+1. The number of hydrogen-bond donors (Lipinski definition) is 1. The van der Waals surface area contributed by atoms with Crippen molar-refractivity contribution < 1.29 is 14.4 Å². The highest BCUT2D eigenvalue weighted by Crippen LogP contribution is 2.16. The van der Waals surface area contributed by atoms with Gasteiger partial charge in [-0.3, -0.25) is 0 Å². The van der Waals surface area contributed by atoms with E-state index in [0.717, 1.165) is 17.7 Å². The van der Waals surface area contributed by atoms with Gasteiger partial charge >= 0.3 is 0 Å². The Balaban J connectivity index is 1.75. The average molecular weight is 325 g/mol. The van der Waals surface area contributed by atoms with Crippen LogP contribution < -0.4 is 9.30 Å². The van der Waals surface area contributed by atoms with Crippen LogP contribution in [0.15, 0.2) is 48.5 Å². The molecule has 0 fully saturated rings. The summed E-state index contributed by atoms with van der Waals surface area (Å²) in [4.78, 5) is 0. The molecule has 1 unspecified atom stereocenters. The van der Waals surface area contributed by atoms with E-state index in [2.05, 4.69) is 35.2 Å². The third kappa shape index (κ3) is 3.29. The molecule has 0 saturated carbocycles. The van der Waals surface area contributed by atoms with Crippen LogP contribution in [0.25, 0.3) is 11.0 Å². The highest BCUT2D eigenvalue weighted by atomic mass is 16.5. The van der Waals surface area contributed by atoms with E-state index in [1.807, 2.05) is 43.3 Å². The van der Waals surface area contributed by atoms with Gasteiger partial charge in [0.15, 0.2) is 11.0 Å². The lowest BCUT2D eigenvalue weighted by molar-refractivity contribution is -0.653. The number of aromatic nitrogens is 2. The fourth-order valence-electron chi connectivity index (χ4n) is 3.16. The molecule has 2 aromatic carbocycles. The van der Waals surface area contributed by atoms with Gasteiger partial charge in [0.05, 0.1) is 7.05 Å². The Morgan fingerprint density at radius 2 is 1.83 bits per heavy atom. The van der Waals surface area contributed by atoms with E-state index in [-0.39, 0.29) is 6.61 Å². The third-order valence-corrected chi connectivity index (χ3v) is 4.41. The summed E-state index contributed by atoms with van der Waals surface area (Å²) in [6.07, 6.45) is 0.351. The zero-order valence-electron chi connectivity index (χ0n) is 14.6. The summed E-state index contributed by atoms with van der Waals surface area (Å²) in [6.45, 7) is 4.99. The molecule has 4 nitrogen and oxygen atoms in total. The molecule has 0 aliphatic rings. The lowest BCUT2D eigenvalue weighted by Gasteiger charge is -2.12. The molecule has 1 aromatic heterocycles. The average Bonchev–Trinajstić information content (AvgIpc) is 2.86. The Morgan fingerprint density at radius 1 is 1.12 bits per heavy atom. The van der Waals surface area contributed by atoms with Crippen LogP contribution in [0.4, 0.5) is 0 Å². The van der Waals surface area contributed by atoms with Crippen LogP contribution in [0.1, 0.15) is 18.3 Å². The van der Waals surface area contributed by atoms with Crippen LogP contribution >= 0.6 is 0 Å². The third-order valence-electron chi connectivity index (χ3n) is 4.41. The zero-order valence-corrected chi connectivity index (χ0v) is 14.6. The maximum absolute atomic E-state index is 10.5. The van der Waals surface area contributed by atoms with Gasteiger partial charge in [-0.15, -0.1) is 0 Å². The second-order valence-corrected chi connectivity index (χ2v) is 6.21. The Labute approximate surface area is 142 Å². The fraction of sp³-hybridized carbons (Fsp3) is 0.350. The molecule has 1 heterocycles. The number of rotatable bonds is 6. The van der Waals surface area contributed by atoms with Gasteiger partial charge in [0.25, 0.3) is 5.82 Å². The van der Waals surface area contributed by atoms with Crippen molar-refractivity contribution in [1.82, 2.24) is 4.57 Å². The van der Waals surface area contributed by atoms with E-state index >= 15 is 0 Å². The number of aliphatic hydroxyl groups excluding tert-OH is 1. The van der Waals surface area contributed by atoms with Gasteiger partial charge in [-0.25, -0.2) is 9.13 Å². The molecule has 126 valence electrons. The van der Waals surface area contributed by atoms with Gasteiger partial charge < -0.3 is 9.84 Å². The molecule has 3 aromatic rings. The Kier molecular flexibility index (Phi) is 4.86. The van der Waals surface area contributed by atoms with Crippen molar-refractivity contribution in [2.24, 2.45) is 7.05 Å². The Morgan fingerprint density at radius 3 is 2.54 bits per heavy atom. The van der Waals surface area contributed by atoms with Crippen molar-refractivity contribution in [1.29, 1.82) is 0 Å². The minimum Gasteiger partial charge on any atom is -0.491 e. The zero-order chi connectivity index (χ0) is 17.1. The quantitative estimate of drug-likeness (QED) is 0.708. The summed E-state index contributed by atoms with van der Waals surface area (Å²) in [5.41, 5.74) is 3.52. The topological polar surface area (TPSA) is 38.3 Å². The highest BCUT2D eigenvalue weighted by Gasteiger charge is 2.23. The molecule has 0 radical (unpaired) electrons. The summed E-state index contributed by atoms with van der Waals surface area (Å²) in [5, 5.41) is 10.5. The largest absolute Gasteiger partial charge is 0.491 e. The first-order chi connectivity index (χ1) is 11.6. The molecular weight excluding hydrogens is 300 g/mol. The van der Waals surface area contributed by atoms with E-state index in [4.69, 9.17) is 4.74 Å². The first-order valence-electron chi connectivity index (χ1n) is 8.43. The summed E-state index contributed by atoms with van der Waals surface area (Å²) in [7, 11) is 2.08. The number of nitrogens with zero attached hydrogens (tertiary/aromatic N) is 2. The van der Waals surface area contributed by atoms with E-state index in [1.165, 1.54) is 16.9 Å². The van der Waals surface area contributed by atoms with Crippen molar-refractivity contribution in [2.45, 2.75) is 32.9 Å². The molecule has 0 spiro atoms. The molecule has 0 aliphatic heterocycles. The summed E-state index contributed by atoms with van der Waals surface area (Å²) in [6, 6.07) is 16.2. The molecule has 4 heteroatoms. The Bertz CT molecular complexity index is 822. The molecule has 1 N–H and O–H groups in total. The van der Waals surface area contributed by atoms with E-state index < -0.39 is 6.10 Å². The minimum absolute atomic E-state index is 0.280. The van der Waals surface area contributed by atoms with Crippen LogP contribution in [0.5, 0.6) is 5.75 Å². The summed E-state index contributed by atoms with van der Waals surface area (Å²) in [5.74, 6) is 1.99. The smallest absolute Gasteiger partial charge is 0.256 e. The van der Waals surface area contributed by atoms with E-state index in [9.17, 15) is 5.11 Å². The number of para-hydroxylation sites is 2. The summed E-state index contributed by atoms with van der Waals surface area (Å²) >= 11 is 0. The molecular formula is C20H25N2O2+. The van der Waals surface area contributed by atoms with Crippen LogP contribution in [-0.2, 0) is 20.0 Å². The van der Waals surface area contributed by atoms with Crippen molar-refractivity contribution in [3.63, 3.8) is 0 Å². The number of benzene rings is 2. The normalized spacial score (nSPS) is 12.5. The van der Waals surface area contributed by atoms with Crippen LogP contribution in [-0.4, -0.2) is 22.4 Å². The molecule has 0 amide bonds. The number of imidazole rings is 1. The Hall–Kier alpha value is -2.33. The predicted octanol–water partition coefficient (Wildman–Crippen LogP) is 2.78. The van der Waals surface area contributed by atoms with Crippen molar-refractivity contribution in [2.75, 3.05) is 6.61 Å². The number of fused-ring (bicyclic) bond motifs is 1. The highest BCUT2D eigenvalue weighted by molar-refractivity contribution is 5.72. The molecule has 24 heavy (non-hydrogen) atoms. The monoisotopic (exact) mass is 325 g/mol. The van der Waals surface area contributed by atoms with Crippen LogP contribution in [0.2, 0.25) is 0 Å². The van der Waals surface area contributed by atoms with Gasteiger partial charge in [-0.1, -0.05) is 36.8 Å². The van der Waals surface area contributed by atoms with Crippen molar-refractivity contribution >= 4 is 11.0 Å². The van der Waals surface area contributed by atoms with Crippen molar-refractivity contribution in [3.8, 4) is 5.75 Å². The number of hydrogen-bond acceptors (Lipinski definition) is 2. The molecule has 0 aliphatic carbocycles. The number of aryl methyl sites for hydroxylation is 2. The summed E-state index contributed by atoms with van der Waals surface area (Å²) < 4.78 is 10.1. The predicted molar refractivity (Wildman–Crippen MR) is 95.2 cm³/mol. The first kappa shape index (κ1) is 16.5. The minimum atomic E-state index is -0.563. The SMILES string of the molecule is CCc1n(CC(O)COc2ccc(C)cc2)c2ccccc2[n+]1C. The lowest BCUT2D eigenvalue weighted by Crippen LogP contribution is -2.34. The number of ether oxygens (including phenoxy) is 1. The molecule has 1 atom stereocenters. The second kappa shape index (κ2) is 7.05. The van der Waals surface area contributed by atoms with Gasteiger partial charge in [0, 0.05) is 6.42 Å². The van der Waals surface area contributed by atoms with Crippen LogP contribution in [0.3, 0.4) is 0 Å². The van der Waals surface area contributed by atoms with Gasteiger partial charge in [-0.05, 0) is 31.2 Å². The van der Waals surface area contributed by atoms with Gasteiger partial charge in [-0.2, -0.15) is 0 Å². The maximum atomic E-state index is 10.5. The fourth-order valence-corrected chi connectivity index (χ4v) is 3.16. The van der Waals surface area contributed by atoms with E-state index in [0.29, 0.717) is 6.54 Å². The van der Waals surface area contributed by atoms with Gasteiger partial charge in [0.1, 0.15) is 25.0 Å². The second-order valence-electron chi connectivity index (χ2n) is 6.21. The lowest BCUT2D eigenvalue weighted by atomic mass is 10.2. The molecule has 3 rings (SSSR count). The molecule has 0 bridgehead atoms. The van der Waals surface area contributed by atoms with E-state index in [1.54, 1.807) is 0 Å². The van der Waals surface area contributed by atoms with Crippen molar-refractivity contribution in [3.05, 3.63) is 59.9 Å². The molecule has 0 saturated heterocycles. The maximum Gasteiger partial charge on any atom is 0.256 e. The van der Waals surface area contributed by atoms with Gasteiger partial charge in [0.2, 0.25) is 0 Å². The first-order valence-corrected chi connectivity index (χ1v) is 8.43. The van der Waals surface area contributed by atoms with Crippen LogP contribution in [0, 0.1) is 6.92 Å². The number of aliphatic hydroxyl groups is 1.